The predicted molar refractivity (Wildman–Crippen MR) is 122 cm³/mol. The number of aromatic hydroxyl groups is 1. The number of benzene rings is 1. The minimum absolute atomic E-state index is 0.0626. The molecule has 1 spiro atoms. The highest BCUT2D eigenvalue weighted by Crippen LogP contribution is 2.81. The highest BCUT2D eigenvalue weighted by atomic mass is 16.7. The smallest absolute Gasteiger partial charge is 0.499 e. The first-order valence-corrected chi connectivity index (χ1v) is 12.0. The maximum Gasteiger partial charge on any atom is 0.514 e. The lowest BCUT2D eigenvalue weighted by Crippen LogP contribution is -2.41. The van der Waals surface area contributed by atoms with Gasteiger partial charge in [0.2, 0.25) is 5.75 Å². The minimum Gasteiger partial charge on any atom is -0.499 e. The van der Waals surface area contributed by atoms with Crippen molar-refractivity contribution in [2.75, 3.05) is 13.1 Å². The van der Waals surface area contributed by atoms with Crippen LogP contribution in [0.2, 0.25) is 0 Å². The van der Waals surface area contributed by atoms with Gasteiger partial charge in [0.15, 0.2) is 5.75 Å². The number of carbonyl (C=O) groups is 2. The van der Waals surface area contributed by atoms with E-state index in [1.165, 1.54) is 23.5 Å². The fourth-order valence-electron chi connectivity index (χ4n) is 6.94. The van der Waals surface area contributed by atoms with Crippen LogP contribution in [0.4, 0.5) is 10.5 Å². The van der Waals surface area contributed by atoms with Gasteiger partial charge in [-0.25, -0.2) is 4.79 Å². The van der Waals surface area contributed by atoms with Crippen LogP contribution in [0.5, 0.6) is 11.5 Å². The molecule has 184 valence electrons. The van der Waals surface area contributed by atoms with E-state index in [0.29, 0.717) is 30.3 Å². The predicted octanol–water partition coefficient (Wildman–Crippen LogP) is 4.03. The Morgan fingerprint density at radius 2 is 2.00 bits per heavy atom. The molecule has 4 aliphatic carbocycles. The summed E-state index contributed by atoms with van der Waals surface area (Å²) in [6.45, 7) is 4.31. The van der Waals surface area contributed by atoms with Crippen molar-refractivity contribution in [2.24, 2.45) is 29.1 Å². The maximum atomic E-state index is 12.7. The summed E-state index contributed by atoms with van der Waals surface area (Å²) in [5, 5.41) is 31.4. The third-order valence-electron chi connectivity index (χ3n) is 8.56. The van der Waals surface area contributed by atoms with E-state index in [-0.39, 0.29) is 17.2 Å². The highest BCUT2D eigenvalue weighted by Gasteiger charge is 2.77. The van der Waals surface area contributed by atoms with Crippen LogP contribution in [0, 0.1) is 50.5 Å². The first-order valence-electron chi connectivity index (χ1n) is 12.0. The molecule has 6 unspecified atom stereocenters. The Bertz CT molecular complexity index is 1180. The van der Waals surface area contributed by atoms with Gasteiger partial charge in [-0.15, -0.1) is 0 Å². The zero-order valence-electron chi connectivity index (χ0n) is 19.6. The van der Waals surface area contributed by atoms with Crippen LogP contribution < -0.4 is 4.74 Å². The van der Waals surface area contributed by atoms with Gasteiger partial charge >= 0.3 is 11.8 Å². The molecule has 1 aromatic rings. The van der Waals surface area contributed by atoms with E-state index in [9.17, 15) is 30.1 Å². The molecule has 4 fully saturated rings. The number of rotatable bonds is 7. The topological polar surface area (TPSA) is 143 Å². The lowest BCUT2D eigenvalue weighted by molar-refractivity contribution is -0.385. The molecule has 0 aliphatic heterocycles. The summed E-state index contributed by atoms with van der Waals surface area (Å²) in [7, 11) is 0. The average molecular weight is 482 g/mol. The van der Waals surface area contributed by atoms with Gasteiger partial charge in [0.25, 0.3) is 5.91 Å². The number of phenols is 1. The number of hydrogen-bond donors (Lipinski definition) is 1. The average Bonchev–Trinajstić information content (AvgIpc) is 3.52. The molecule has 10 nitrogen and oxygen atoms in total. The number of ether oxygens (including phenoxy) is 2. The summed E-state index contributed by atoms with van der Waals surface area (Å²) in [6, 6.07) is 4.01. The first kappa shape index (κ1) is 23.1. The van der Waals surface area contributed by atoms with Crippen LogP contribution in [0.25, 0.3) is 6.08 Å². The molecule has 10 heteroatoms. The molecular weight excluding hydrogens is 454 g/mol. The van der Waals surface area contributed by atoms with Gasteiger partial charge in [0.05, 0.1) is 4.92 Å². The molecule has 2 bridgehead atoms. The van der Waals surface area contributed by atoms with Gasteiger partial charge in [-0.05, 0) is 80.4 Å². The van der Waals surface area contributed by atoms with Crippen LogP contribution in [0.1, 0.15) is 45.1 Å². The van der Waals surface area contributed by atoms with Gasteiger partial charge in [-0.3, -0.25) is 14.9 Å². The number of nitro groups is 1. The molecule has 1 amide bonds. The van der Waals surface area contributed by atoms with Crippen molar-refractivity contribution in [2.45, 2.75) is 45.6 Å². The summed E-state index contributed by atoms with van der Waals surface area (Å²) in [4.78, 5) is 37.4. The molecule has 1 N–H and O–H groups in total. The van der Waals surface area contributed by atoms with Crippen LogP contribution in [0.3, 0.4) is 0 Å². The van der Waals surface area contributed by atoms with E-state index < -0.39 is 34.2 Å². The Morgan fingerprint density at radius 1 is 1.26 bits per heavy atom. The molecule has 1 aromatic carbocycles. The number of fused-ring (bicyclic) bond motifs is 1. The second kappa shape index (κ2) is 8.26. The fourth-order valence-corrected chi connectivity index (χ4v) is 6.94. The number of nitriles is 1. The maximum absolute atomic E-state index is 12.7. The minimum atomic E-state index is -1.02. The lowest BCUT2D eigenvalue weighted by Gasteiger charge is -2.44. The lowest BCUT2D eigenvalue weighted by atomic mass is 9.61. The van der Waals surface area contributed by atoms with Gasteiger partial charge in [-0.2, -0.15) is 5.26 Å². The van der Waals surface area contributed by atoms with Crippen molar-refractivity contribution < 1.29 is 29.1 Å². The van der Waals surface area contributed by atoms with Crippen molar-refractivity contribution >= 4 is 23.8 Å². The zero-order valence-corrected chi connectivity index (χ0v) is 19.6. The summed E-state index contributed by atoms with van der Waals surface area (Å²) in [6.07, 6.45) is 4.31. The van der Waals surface area contributed by atoms with Gasteiger partial charge < -0.3 is 19.5 Å². The molecule has 0 saturated heterocycles. The molecular formula is C25H27N3O7. The SMILES string of the molecule is CCN(CC)C(=O)/C(C#N)=C/c1cc(OC(=O)OC2C3CC4CC5(CC25)C4C3)c(O)c([N+](=O)[O-])c1. The number of phenolic OH excluding ortho intramolecular Hbond substituents is 1. The van der Waals surface area contributed by atoms with Crippen LogP contribution >= 0.6 is 0 Å². The molecule has 5 rings (SSSR count). The molecule has 0 aromatic heterocycles. The van der Waals surface area contributed by atoms with Crippen molar-refractivity contribution in [3.8, 4) is 17.6 Å². The Labute approximate surface area is 202 Å². The second-order valence-corrected chi connectivity index (χ2v) is 10.1. The number of carbonyl (C=O) groups excluding carboxylic acids is 2. The van der Waals surface area contributed by atoms with E-state index in [1.807, 2.05) is 6.07 Å². The van der Waals surface area contributed by atoms with E-state index in [0.717, 1.165) is 37.2 Å². The Kier molecular flexibility index (Phi) is 5.46. The standard InChI is InChI=1S/C25H27N3O7/c1-3-27(4-2)23(30)16(12-26)5-13-6-19(28(32)33)21(29)20(7-13)34-24(31)35-22-14-8-15-10-25(11-18(22)25)17(15)9-14/h5-7,14-15,17-18,22,29H,3-4,8-11H2,1-2H3/b16-5+. The molecule has 4 aliphatic rings. The number of nitro benzene ring substituents is 1. The highest BCUT2D eigenvalue weighted by molar-refractivity contribution is 6.01. The molecule has 6 atom stereocenters. The zero-order chi connectivity index (χ0) is 25.1. The number of nitrogens with zero attached hydrogens (tertiary/aromatic N) is 3. The quantitative estimate of drug-likeness (QED) is 0.154. The Morgan fingerprint density at radius 3 is 2.66 bits per heavy atom. The Hall–Kier alpha value is -3.61. The Balaban J connectivity index is 1.38. The van der Waals surface area contributed by atoms with Crippen molar-refractivity contribution in [1.29, 1.82) is 5.26 Å². The van der Waals surface area contributed by atoms with Crippen LogP contribution in [0.15, 0.2) is 17.7 Å². The molecule has 0 heterocycles. The van der Waals surface area contributed by atoms with E-state index in [1.54, 1.807) is 13.8 Å². The summed E-state index contributed by atoms with van der Waals surface area (Å²) >= 11 is 0. The number of amides is 1. The largest absolute Gasteiger partial charge is 0.514 e. The summed E-state index contributed by atoms with van der Waals surface area (Å²) in [5.74, 6) is 0.334. The fraction of sp³-hybridized carbons (Fsp3) is 0.560. The second-order valence-electron chi connectivity index (χ2n) is 10.1. The van der Waals surface area contributed by atoms with Crippen molar-refractivity contribution in [3.05, 3.63) is 33.4 Å². The molecule has 0 radical (unpaired) electrons. The summed E-state index contributed by atoms with van der Waals surface area (Å²) in [5.41, 5.74) is -0.558. The monoisotopic (exact) mass is 481 g/mol. The van der Waals surface area contributed by atoms with Gasteiger partial charge in [-0.1, -0.05) is 0 Å². The number of hydrogen-bond acceptors (Lipinski definition) is 8. The molecule has 35 heavy (non-hydrogen) atoms. The van der Waals surface area contributed by atoms with E-state index in [2.05, 4.69) is 0 Å². The third-order valence-corrected chi connectivity index (χ3v) is 8.56. The van der Waals surface area contributed by atoms with E-state index >= 15 is 0 Å². The van der Waals surface area contributed by atoms with Crippen LogP contribution in [-0.4, -0.2) is 46.2 Å². The molecule has 4 saturated carbocycles. The third kappa shape index (κ3) is 3.61. The normalized spacial score (nSPS) is 31.5. The van der Waals surface area contributed by atoms with Crippen LogP contribution in [-0.2, 0) is 9.53 Å². The number of likely N-dealkylation sites (N-methyl/N-ethyl adjacent to an activating group) is 1. The first-order chi connectivity index (χ1) is 16.7. The van der Waals surface area contributed by atoms with Crippen molar-refractivity contribution in [1.82, 2.24) is 4.90 Å². The van der Waals surface area contributed by atoms with E-state index in [4.69, 9.17) is 9.47 Å². The van der Waals surface area contributed by atoms with Crippen molar-refractivity contribution in [3.63, 3.8) is 0 Å². The summed E-state index contributed by atoms with van der Waals surface area (Å²) < 4.78 is 10.9. The van der Waals surface area contributed by atoms with Gasteiger partial charge in [0, 0.05) is 25.1 Å². The van der Waals surface area contributed by atoms with Gasteiger partial charge in [0.1, 0.15) is 17.7 Å².